The molecule has 0 fully saturated rings. The molecule has 0 heterocycles. The van der Waals surface area contributed by atoms with Gasteiger partial charge in [0.1, 0.15) is 0 Å². The van der Waals surface area contributed by atoms with Gasteiger partial charge in [-0.25, -0.2) is 0 Å². The number of carboxylic acid groups (broad SMARTS) is 1. The van der Waals surface area contributed by atoms with Crippen molar-refractivity contribution in [3.63, 3.8) is 0 Å². The van der Waals surface area contributed by atoms with Gasteiger partial charge in [0.15, 0.2) is 0 Å². The molecule has 0 bridgehead atoms. The number of hydrogen-bond donors (Lipinski definition) is 1. The zero-order valence-corrected chi connectivity index (χ0v) is 12.7. The summed E-state index contributed by atoms with van der Waals surface area (Å²) in [5.41, 5.74) is 5.62. The normalized spacial score (nSPS) is 12.5. The van der Waals surface area contributed by atoms with Crippen LogP contribution < -0.4 is 10.8 Å². The first-order valence-corrected chi connectivity index (χ1v) is 8.10. The summed E-state index contributed by atoms with van der Waals surface area (Å²) in [6, 6.07) is 0. The van der Waals surface area contributed by atoms with E-state index in [0.717, 1.165) is 19.3 Å². The molecule has 2 N–H and O–H groups in total. The highest BCUT2D eigenvalue weighted by Gasteiger charge is 2.07. The zero-order chi connectivity index (χ0) is 14.3. The van der Waals surface area contributed by atoms with E-state index < -0.39 is 5.97 Å². The van der Waals surface area contributed by atoms with Gasteiger partial charge in [0.25, 0.3) is 0 Å². The van der Waals surface area contributed by atoms with E-state index in [9.17, 15) is 9.90 Å². The number of nitrogens with two attached hydrogens (primary N) is 1. The molecule has 0 radical (unpaired) electrons. The smallest absolute Gasteiger partial charge is 0.0414 e. The number of carboxylic acids is 1. The molecule has 114 valence electrons. The molecule has 0 rings (SSSR count). The maximum atomic E-state index is 10.4. The van der Waals surface area contributed by atoms with Crippen molar-refractivity contribution in [2.75, 3.05) is 6.54 Å². The Hall–Kier alpha value is -0.570. The second kappa shape index (κ2) is 13.9. The van der Waals surface area contributed by atoms with Crippen molar-refractivity contribution in [2.24, 2.45) is 11.7 Å². The van der Waals surface area contributed by atoms with Crippen LogP contribution in [0.4, 0.5) is 0 Å². The molecule has 0 aliphatic heterocycles. The Bertz CT molecular complexity index is 207. The predicted octanol–water partition coefficient (Wildman–Crippen LogP) is 3.01. The lowest BCUT2D eigenvalue weighted by Gasteiger charge is -2.16. The van der Waals surface area contributed by atoms with Crippen molar-refractivity contribution in [3.8, 4) is 0 Å². The van der Waals surface area contributed by atoms with Gasteiger partial charge in [-0.15, -0.1) is 0 Å². The number of rotatable bonds is 14. The first kappa shape index (κ1) is 18.4. The Morgan fingerprint density at radius 3 is 2.11 bits per heavy atom. The van der Waals surface area contributed by atoms with E-state index in [1.165, 1.54) is 51.4 Å². The molecular weight excluding hydrogens is 238 g/mol. The molecule has 3 heteroatoms. The van der Waals surface area contributed by atoms with Gasteiger partial charge < -0.3 is 15.6 Å². The van der Waals surface area contributed by atoms with Crippen LogP contribution in [0.5, 0.6) is 0 Å². The minimum atomic E-state index is -0.928. The molecule has 3 nitrogen and oxygen atoms in total. The summed E-state index contributed by atoms with van der Waals surface area (Å²) in [7, 11) is 0. The van der Waals surface area contributed by atoms with Crippen molar-refractivity contribution < 1.29 is 9.90 Å². The van der Waals surface area contributed by atoms with Crippen LogP contribution in [0, 0.1) is 5.92 Å². The Kier molecular flexibility index (Phi) is 13.4. The largest absolute Gasteiger partial charge is 0.550 e. The van der Waals surface area contributed by atoms with E-state index in [0.29, 0.717) is 12.5 Å². The minimum absolute atomic E-state index is 0.193. The van der Waals surface area contributed by atoms with Crippen molar-refractivity contribution >= 4 is 5.97 Å². The molecular formula is C16H32NO2-. The van der Waals surface area contributed by atoms with Gasteiger partial charge in [0.05, 0.1) is 0 Å². The molecule has 0 spiro atoms. The first-order valence-electron chi connectivity index (χ1n) is 8.10. The van der Waals surface area contributed by atoms with Crippen molar-refractivity contribution in [1.82, 2.24) is 0 Å². The molecule has 0 aromatic heterocycles. The SMILES string of the molecule is CCCCCCCCCC(CCN)CCCC(=O)[O-]. The van der Waals surface area contributed by atoms with Gasteiger partial charge in [0, 0.05) is 5.97 Å². The van der Waals surface area contributed by atoms with E-state index in [4.69, 9.17) is 5.73 Å². The summed E-state index contributed by atoms with van der Waals surface area (Å²) in [5.74, 6) is -0.317. The molecule has 1 unspecified atom stereocenters. The van der Waals surface area contributed by atoms with Gasteiger partial charge in [-0.1, -0.05) is 64.7 Å². The van der Waals surface area contributed by atoms with E-state index in [-0.39, 0.29) is 6.42 Å². The molecule has 0 amide bonds. The fourth-order valence-electron chi connectivity index (χ4n) is 2.59. The quantitative estimate of drug-likeness (QED) is 0.493. The average Bonchev–Trinajstić information content (AvgIpc) is 2.37. The highest BCUT2D eigenvalue weighted by molar-refractivity contribution is 5.64. The summed E-state index contributed by atoms with van der Waals surface area (Å²) in [6.45, 7) is 2.95. The van der Waals surface area contributed by atoms with Crippen LogP contribution in [0.1, 0.15) is 84.0 Å². The Labute approximate surface area is 119 Å². The fourth-order valence-corrected chi connectivity index (χ4v) is 2.59. The van der Waals surface area contributed by atoms with Crippen LogP contribution in [0.3, 0.4) is 0 Å². The van der Waals surface area contributed by atoms with Crippen molar-refractivity contribution in [1.29, 1.82) is 0 Å². The monoisotopic (exact) mass is 270 g/mol. The third kappa shape index (κ3) is 13.7. The zero-order valence-electron chi connectivity index (χ0n) is 12.7. The first-order chi connectivity index (χ1) is 9.20. The maximum Gasteiger partial charge on any atom is 0.0414 e. The highest BCUT2D eigenvalue weighted by atomic mass is 16.4. The second-order valence-corrected chi connectivity index (χ2v) is 5.62. The van der Waals surface area contributed by atoms with E-state index in [2.05, 4.69) is 6.92 Å². The second-order valence-electron chi connectivity index (χ2n) is 5.62. The van der Waals surface area contributed by atoms with Crippen molar-refractivity contribution in [3.05, 3.63) is 0 Å². The lowest BCUT2D eigenvalue weighted by molar-refractivity contribution is -0.305. The highest BCUT2D eigenvalue weighted by Crippen LogP contribution is 2.20. The lowest BCUT2D eigenvalue weighted by Crippen LogP contribution is -2.22. The summed E-state index contributed by atoms with van der Waals surface area (Å²) in [5, 5.41) is 10.4. The Morgan fingerprint density at radius 1 is 0.947 bits per heavy atom. The minimum Gasteiger partial charge on any atom is -0.550 e. The van der Waals surface area contributed by atoms with Crippen LogP contribution in [-0.2, 0) is 4.79 Å². The molecule has 0 aromatic carbocycles. The number of carbonyl (C=O) groups is 1. The third-order valence-corrected chi connectivity index (χ3v) is 3.78. The third-order valence-electron chi connectivity index (χ3n) is 3.78. The molecule has 1 atom stereocenters. The molecule has 0 saturated carbocycles. The van der Waals surface area contributed by atoms with Gasteiger partial charge >= 0.3 is 0 Å². The molecule has 0 aliphatic carbocycles. The van der Waals surface area contributed by atoms with Crippen molar-refractivity contribution in [2.45, 2.75) is 84.0 Å². The molecule has 19 heavy (non-hydrogen) atoms. The number of aliphatic carboxylic acids is 1. The van der Waals surface area contributed by atoms with Gasteiger partial charge in [-0.2, -0.15) is 0 Å². The maximum absolute atomic E-state index is 10.4. The standard InChI is InChI=1S/C16H33NO2/c1-2-3-4-5-6-7-8-10-15(13-14-17)11-9-12-16(18)19/h15H,2-14,17H2,1H3,(H,18,19)/p-1. The van der Waals surface area contributed by atoms with E-state index in [1.54, 1.807) is 0 Å². The van der Waals surface area contributed by atoms with Gasteiger partial charge in [-0.05, 0) is 31.7 Å². The van der Waals surface area contributed by atoms with Gasteiger partial charge in [0.2, 0.25) is 0 Å². The number of carbonyl (C=O) groups excluding carboxylic acids is 1. The number of unbranched alkanes of at least 4 members (excludes halogenated alkanes) is 6. The van der Waals surface area contributed by atoms with Crippen LogP contribution in [0.15, 0.2) is 0 Å². The summed E-state index contributed by atoms with van der Waals surface area (Å²) >= 11 is 0. The van der Waals surface area contributed by atoms with Crippen LogP contribution in [-0.4, -0.2) is 12.5 Å². The molecule has 0 saturated heterocycles. The summed E-state index contributed by atoms with van der Waals surface area (Å²) in [4.78, 5) is 10.4. The van der Waals surface area contributed by atoms with Gasteiger partial charge in [-0.3, -0.25) is 0 Å². The topological polar surface area (TPSA) is 66.2 Å². The van der Waals surface area contributed by atoms with E-state index in [1.807, 2.05) is 0 Å². The average molecular weight is 270 g/mol. The summed E-state index contributed by atoms with van der Waals surface area (Å²) < 4.78 is 0. The predicted molar refractivity (Wildman–Crippen MR) is 78.6 cm³/mol. The molecule has 0 aliphatic rings. The fraction of sp³-hybridized carbons (Fsp3) is 0.938. The number of hydrogen-bond acceptors (Lipinski definition) is 3. The Morgan fingerprint density at radius 2 is 1.53 bits per heavy atom. The Balaban J connectivity index is 3.50. The summed E-state index contributed by atoms with van der Waals surface area (Å²) in [6.07, 6.45) is 13.5. The lowest BCUT2D eigenvalue weighted by atomic mass is 9.92. The molecule has 0 aromatic rings. The van der Waals surface area contributed by atoms with E-state index >= 15 is 0 Å². The van der Waals surface area contributed by atoms with Crippen LogP contribution in [0.25, 0.3) is 0 Å². The van der Waals surface area contributed by atoms with Crippen LogP contribution >= 0.6 is 0 Å². The van der Waals surface area contributed by atoms with Crippen LogP contribution in [0.2, 0.25) is 0 Å².